The highest BCUT2D eigenvalue weighted by molar-refractivity contribution is 6.34. The van der Waals surface area contributed by atoms with Gasteiger partial charge in [0.15, 0.2) is 34.7 Å². The molecule has 2 aromatic rings. The lowest BCUT2D eigenvalue weighted by Gasteiger charge is -2.52. The number of carbonyl (C=O) groups is 5. The Balaban J connectivity index is 1.35. The summed E-state index contributed by atoms with van der Waals surface area (Å²) in [6, 6.07) is 6.04. The van der Waals surface area contributed by atoms with Gasteiger partial charge in [-0.3, -0.25) is 33.8 Å². The highest BCUT2D eigenvalue weighted by Crippen LogP contribution is 2.52. The molecule has 4 aliphatic rings. The highest BCUT2D eigenvalue weighted by Gasteiger charge is 2.69. The van der Waals surface area contributed by atoms with Crippen molar-refractivity contribution in [1.29, 1.82) is 0 Å². The van der Waals surface area contributed by atoms with E-state index in [9.17, 15) is 39.3 Å². The van der Waals surface area contributed by atoms with E-state index in [1.54, 1.807) is 0 Å². The molecule has 1 heterocycles. The lowest BCUT2D eigenvalue weighted by atomic mass is 9.52. The van der Waals surface area contributed by atoms with Gasteiger partial charge in [-0.05, 0) is 66.7 Å². The number of likely N-dealkylation sites (N-methyl/N-ethyl adjacent to an activating group) is 1. The largest absolute Gasteiger partial charge is 0.507 e. The number of fused-ring (bicyclic) bond motifs is 4. The van der Waals surface area contributed by atoms with Gasteiger partial charge in [-0.2, -0.15) is 0 Å². The Hall–Kier alpha value is -3.48. The Bertz CT molecular complexity index is 1620. The Morgan fingerprint density at radius 3 is 2.47 bits per heavy atom. The number of amides is 1. The molecule has 2 saturated carbocycles. The van der Waals surface area contributed by atoms with Crippen LogP contribution in [0.25, 0.3) is 0 Å². The second-order valence-corrected chi connectivity index (χ2v) is 12.8. The number of ketones is 4. The molecule has 0 spiro atoms. The number of hydrogen-bond donors (Lipinski definition) is 4. The molecule has 0 aromatic heterocycles. The second-order valence-electron chi connectivity index (χ2n) is 12.4. The maximum absolute atomic E-state index is 13.9. The molecule has 0 saturated heterocycles. The number of primary amides is 1. The van der Waals surface area contributed by atoms with Crippen LogP contribution in [0.4, 0.5) is 0 Å². The lowest BCUT2D eigenvalue weighted by Crippen LogP contribution is -2.74. The van der Waals surface area contributed by atoms with E-state index in [2.05, 4.69) is 4.90 Å². The van der Waals surface area contributed by atoms with Crippen LogP contribution < -0.4 is 5.73 Å². The number of halogens is 1. The van der Waals surface area contributed by atoms with Gasteiger partial charge in [0.1, 0.15) is 5.75 Å². The Labute approximate surface area is 252 Å². The van der Waals surface area contributed by atoms with Crippen molar-refractivity contribution < 1.29 is 39.3 Å². The summed E-state index contributed by atoms with van der Waals surface area (Å²) >= 11 is 6.89. The normalized spacial score (nSPS) is 30.2. The molecule has 6 rings (SSSR count). The van der Waals surface area contributed by atoms with E-state index in [0.29, 0.717) is 30.8 Å². The van der Waals surface area contributed by atoms with E-state index < -0.39 is 64.4 Å². The minimum atomic E-state index is -2.77. The summed E-state index contributed by atoms with van der Waals surface area (Å²) in [4.78, 5) is 70.1. The molecule has 2 unspecified atom stereocenters. The lowest BCUT2D eigenvalue weighted by molar-refractivity contribution is -0.181. The van der Waals surface area contributed by atoms with Gasteiger partial charge in [0.2, 0.25) is 5.91 Å². The van der Waals surface area contributed by atoms with Gasteiger partial charge in [-0.1, -0.05) is 29.8 Å². The van der Waals surface area contributed by atoms with Crippen molar-refractivity contribution in [3.05, 3.63) is 62.7 Å². The van der Waals surface area contributed by atoms with Crippen LogP contribution >= 0.6 is 11.6 Å². The van der Waals surface area contributed by atoms with Gasteiger partial charge in [-0.25, -0.2) is 0 Å². The van der Waals surface area contributed by atoms with Crippen LogP contribution in [0.1, 0.15) is 44.6 Å². The third-order valence-electron chi connectivity index (χ3n) is 9.70. The predicted molar refractivity (Wildman–Crippen MR) is 152 cm³/mol. The van der Waals surface area contributed by atoms with Crippen molar-refractivity contribution in [2.24, 2.45) is 29.4 Å². The van der Waals surface area contributed by atoms with Crippen molar-refractivity contribution in [1.82, 2.24) is 9.80 Å². The maximum Gasteiger partial charge on any atom is 0.235 e. The first-order valence-corrected chi connectivity index (χ1v) is 14.5. The average Bonchev–Trinajstić information content (AvgIpc) is 3.34. The summed E-state index contributed by atoms with van der Waals surface area (Å²) in [6.45, 7) is 1.55. The summed E-state index contributed by atoms with van der Waals surface area (Å²) in [5, 5.41) is 32.5. The number of aliphatic hydroxyl groups excluding tert-OH is 1. The first-order chi connectivity index (χ1) is 20.3. The fraction of sp³-hybridized carbons (Fsp3) is 0.452. The number of Topliss-reactive ketones (excluding diaryl/α,β-unsaturated/α-hetero) is 4. The topological polar surface area (TPSA) is 179 Å². The molecular formula is C31H32ClN3O8. The molecule has 3 aliphatic carbocycles. The molecule has 11 nitrogen and oxygen atoms in total. The summed E-state index contributed by atoms with van der Waals surface area (Å²) in [7, 11) is 3.08. The van der Waals surface area contributed by atoms with E-state index in [0.717, 1.165) is 16.7 Å². The monoisotopic (exact) mass is 609 g/mol. The number of carbonyl (C=O) groups excluding carboxylic acids is 5. The molecule has 0 bridgehead atoms. The molecule has 5 N–H and O–H groups in total. The predicted octanol–water partition coefficient (Wildman–Crippen LogP) is 0.529. The molecule has 1 aliphatic heterocycles. The van der Waals surface area contributed by atoms with Crippen molar-refractivity contribution >= 4 is 40.6 Å². The minimum absolute atomic E-state index is 0.0418. The third kappa shape index (κ3) is 4.28. The number of nitrogens with two attached hydrogens (primary N) is 1. The van der Waals surface area contributed by atoms with Gasteiger partial charge < -0.3 is 21.1 Å². The van der Waals surface area contributed by atoms with Crippen LogP contribution in [0.15, 0.2) is 24.3 Å². The van der Waals surface area contributed by atoms with Crippen molar-refractivity contribution in [3.63, 3.8) is 0 Å². The van der Waals surface area contributed by atoms with Crippen LogP contribution in [0.3, 0.4) is 0 Å². The zero-order valence-electron chi connectivity index (χ0n) is 23.7. The second kappa shape index (κ2) is 10.3. The fourth-order valence-corrected chi connectivity index (χ4v) is 8.08. The summed E-state index contributed by atoms with van der Waals surface area (Å²) < 4.78 is 0. The van der Waals surface area contributed by atoms with Gasteiger partial charge in [0.25, 0.3) is 0 Å². The molecule has 1 amide bonds. The van der Waals surface area contributed by atoms with E-state index in [-0.39, 0.29) is 35.8 Å². The third-order valence-corrected chi connectivity index (χ3v) is 10.2. The van der Waals surface area contributed by atoms with Crippen molar-refractivity contribution in [3.8, 4) is 5.75 Å². The van der Waals surface area contributed by atoms with Crippen LogP contribution in [-0.2, 0) is 51.8 Å². The Kier molecular flexibility index (Phi) is 7.09. The van der Waals surface area contributed by atoms with E-state index in [1.165, 1.54) is 25.1 Å². The van der Waals surface area contributed by atoms with Crippen LogP contribution in [0, 0.1) is 23.7 Å². The van der Waals surface area contributed by atoms with Gasteiger partial charge in [0, 0.05) is 30.6 Å². The first-order valence-electron chi connectivity index (χ1n) is 14.1. The number of aromatic hydroxyl groups is 1. The zero-order valence-corrected chi connectivity index (χ0v) is 24.4. The molecule has 43 heavy (non-hydrogen) atoms. The molecule has 12 heteroatoms. The zero-order chi connectivity index (χ0) is 31.1. The number of phenols is 1. The van der Waals surface area contributed by atoms with Crippen LogP contribution in [0.5, 0.6) is 5.75 Å². The number of phenolic OH excluding ortho intramolecular Hbond substituents is 1. The van der Waals surface area contributed by atoms with E-state index in [1.807, 2.05) is 18.2 Å². The number of nitrogens with zero attached hydrogens (tertiary/aromatic N) is 2. The maximum atomic E-state index is 13.9. The number of hydrogen-bond acceptors (Lipinski definition) is 10. The summed E-state index contributed by atoms with van der Waals surface area (Å²) in [5.41, 5.74) is 6.45. The number of rotatable bonds is 5. The van der Waals surface area contributed by atoms with Crippen molar-refractivity contribution in [2.45, 2.75) is 50.7 Å². The smallest absolute Gasteiger partial charge is 0.235 e. The molecule has 2 fully saturated rings. The van der Waals surface area contributed by atoms with E-state index >= 15 is 0 Å². The van der Waals surface area contributed by atoms with Crippen LogP contribution in [-0.4, -0.2) is 79.9 Å². The van der Waals surface area contributed by atoms with Gasteiger partial charge >= 0.3 is 0 Å². The highest BCUT2D eigenvalue weighted by atomic mass is 35.5. The average molecular weight is 610 g/mol. The Morgan fingerprint density at radius 1 is 1.12 bits per heavy atom. The van der Waals surface area contributed by atoms with Crippen LogP contribution in [0.2, 0.25) is 5.02 Å². The van der Waals surface area contributed by atoms with Gasteiger partial charge in [0.05, 0.1) is 24.1 Å². The quantitative estimate of drug-likeness (QED) is 0.349. The minimum Gasteiger partial charge on any atom is -0.507 e. The SMILES string of the molecule is CN(C)[C@@H]1C(=O)C(C(N)=O)C(=O)[C@@]2(O)C(=O)C3C(=O)c4c(O)cc(CN5Cc6ccc(CO)cc6C5)c(Cl)c4C[C@H]3C[C@@H]12. The van der Waals surface area contributed by atoms with E-state index in [4.69, 9.17) is 17.3 Å². The summed E-state index contributed by atoms with van der Waals surface area (Å²) in [6.07, 6.45) is 0.0615. The van der Waals surface area contributed by atoms with Gasteiger partial charge in [-0.15, -0.1) is 0 Å². The molecule has 6 atom stereocenters. The Morgan fingerprint density at radius 2 is 1.81 bits per heavy atom. The molecule has 226 valence electrons. The number of aliphatic hydroxyl groups is 2. The molecule has 0 radical (unpaired) electrons. The molecular weight excluding hydrogens is 578 g/mol. The van der Waals surface area contributed by atoms with Crippen molar-refractivity contribution in [2.75, 3.05) is 14.1 Å². The summed E-state index contributed by atoms with van der Waals surface area (Å²) in [5.74, 6) is -11.0. The fourth-order valence-electron chi connectivity index (χ4n) is 7.79. The first kappa shape index (κ1) is 29.6. The standard InChI is InChI=1S/C31H32ClN3O8/c1-34(2)25-19-7-15-6-18-22(26(38)21(15)28(40)31(19,43)29(41)23(27(25)39)30(33)42)20(37)8-17(24(18)32)11-35-9-14-4-3-13(12-36)5-16(14)10-35/h3-5,8,15,19,21,23,25,36-37,43H,6-7,9-12H2,1-2H3,(H2,33,42)/t15-,19-,21?,23?,25-,31-/m0/s1. The number of benzene rings is 2. The molecule has 2 aromatic carbocycles.